The molecule has 0 saturated carbocycles. The maximum absolute atomic E-state index is 13.4. The fourth-order valence-electron chi connectivity index (χ4n) is 2.63. The Morgan fingerprint density at radius 3 is 2.32 bits per heavy atom. The molecule has 1 N–H and O–H groups in total. The van der Waals surface area contributed by atoms with Gasteiger partial charge in [0.15, 0.2) is 11.5 Å². The number of fused-ring (bicyclic) bond motifs is 1. The quantitative estimate of drug-likeness (QED) is 0.879. The van der Waals surface area contributed by atoms with Crippen LogP contribution < -0.4 is 14.8 Å². The van der Waals surface area contributed by atoms with Gasteiger partial charge in [0.05, 0.1) is 0 Å². The molecule has 4 nitrogen and oxygen atoms in total. The van der Waals surface area contributed by atoms with Crippen LogP contribution in [0.3, 0.4) is 0 Å². The first-order valence-corrected chi connectivity index (χ1v) is 6.47. The summed E-state index contributed by atoms with van der Waals surface area (Å²) in [6.45, 7) is 1.94. The van der Waals surface area contributed by atoms with E-state index in [2.05, 4.69) is 5.32 Å². The Hall–Kier alpha value is -0.890. The Bertz CT molecular complexity index is 497. The number of nitrogens with zero attached hydrogens (tertiary/aromatic N) is 1. The monoisotopic (exact) mass is 360 g/mol. The van der Waals surface area contributed by atoms with E-state index in [1.54, 1.807) is 6.07 Å². The Morgan fingerprint density at radius 2 is 1.68 bits per heavy atom. The zero-order valence-corrected chi connectivity index (χ0v) is 13.2. The third kappa shape index (κ3) is 3.90. The molecule has 126 valence electrons. The molecule has 3 rings (SSSR count). The van der Waals surface area contributed by atoms with Crippen molar-refractivity contribution in [2.75, 3.05) is 33.0 Å². The van der Waals surface area contributed by atoms with Gasteiger partial charge in [-0.05, 0) is 17.7 Å². The average Bonchev–Trinajstić information content (AvgIpc) is 2.86. The minimum absolute atomic E-state index is 0. The lowest BCUT2D eigenvalue weighted by Gasteiger charge is -2.36. The van der Waals surface area contributed by atoms with Crippen molar-refractivity contribution in [3.8, 4) is 11.5 Å². The van der Waals surface area contributed by atoms with E-state index in [0.29, 0.717) is 37.7 Å². The van der Waals surface area contributed by atoms with E-state index < -0.39 is 12.2 Å². The number of piperazine rings is 1. The minimum Gasteiger partial charge on any atom is -0.454 e. The van der Waals surface area contributed by atoms with Crippen molar-refractivity contribution in [1.82, 2.24) is 10.2 Å². The predicted molar refractivity (Wildman–Crippen MR) is 80.3 cm³/mol. The number of hydrogen-bond donors (Lipinski definition) is 1. The fraction of sp³-hybridized carbons (Fsp3) is 0.538. The van der Waals surface area contributed by atoms with Gasteiger partial charge in [-0.1, -0.05) is 6.07 Å². The molecule has 0 unspecified atom stereocenters. The van der Waals surface area contributed by atoms with Crippen molar-refractivity contribution in [1.29, 1.82) is 0 Å². The van der Waals surface area contributed by atoms with Gasteiger partial charge in [0.2, 0.25) is 6.79 Å². The topological polar surface area (TPSA) is 33.7 Å². The predicted octanol–water partition coefficient (Wildman–Crippen LogP) is 2.77. The number of halogens is 5. The van der Waals surface area contributed by atoms with Gasteiger partial charge in [0.1, 0.15) is 6.04 Å². The number of hydrogen-bond acceptors (Lipinski definition) is 4. The summed E-state index contributed by atoms with van der Waals surface area (Å²) in [5, 5.41) is 3.06. The molecule has 1 saturated heterocycles. The first kappa shape index (κ1) is 19.2. The van der Waals surface area contributed by atoms with Gasteiger partial charge in [-0.2, -0.15) is 13.2 Å². The van der Waals surface area contributed by atoms with Crippen molar-refractivity contribution in [2.24, 2.45) is 0 Å². The van der Waals surface area contributed by atoms with Crippen LogP contribution in [0.1, 0.15) is 11.6 Å². The van der Waals surface area contributed by atoms with Gasteiger partial charge in [0, 0.05) is 26.2 Å². The van der Waals surface area contributed by atoms with Gasteiger partial charge in [-0.25, -0.2) is 0 Å². The second-order valence-corrected chi connectivity index (χ2v) is 4.84. The summed E-state index contributed by atoms with van der Waals surface area (Å²) in [5.41, 5.74) is 0.198. The number of alkyl halides is 3. The molecule has 0 amide bonds. The summed E-state index contributed by atoms with van der Waals surface area (Å²) in [6.07, 6.45) is -4.31. The second-order valence-electron chi connectivity index (χ2n) is 4.84. The number of benzene rings is 1. The summed E-state index contributed by atoms with van der Waals surface area (Å²) >= 11 is 0. The largest absolute Gasteiger partial charge is 0.454 e. The van der Waals surface area contributed by atoms with Crippen molar-refractivity contribution in [3.63, 3.8) is 0 Å². The highest BCUT2D eigenvalue weighted by Crippen LogP contribution is 2.41. The van der Waals surface area contributed by atoms with E-state index in [-0.39, 0.29) is 37.2 Å². The zero-order valence-electron chi connectivity index (χ0n) is 11.6. The molecule has 1 fully saturated rings. The number of ether oxygens (including phenoxy) is 2. The molecular formula is C13H17Cl2F3N2O2. The maximum Gasteiger partial charge on any atom is 0.408 e. The van der Waals surface area contributed by atoms with E-state index in [4.69, 9.17) is 9.47 Å². The van der Waals surface area contributed by atoms with Crippen molar-refractivity contribution in [3.05, 3.63) is 23.8 Å². The maximum atomic E-state index is 13.4. The molecule has 1 aromatic carbocycles. The summed E-state index contributed by atoms with van der Waals surface area (Å²) in [4.78, 5) is 1.45. The van der Waals surface area contributed by atoms with Gasteiger partial charge in [-0.15, -0.1) is 24.8 Å². The average molecular weight is 361 g/mol. The summed E-state index contributed by atoms with van der Waals surface area (Å²) in [5.74, 6) is 0.877. The molecule has 2 aliphatic heterocycles. The summed E-state index contributed by atoms with van der Waals surface area (Å²) in [7, 11) is 0. The Kier molecular flexibility index (Phi) is 6.61. The molecular weight excluding hydrogens is 344 g/mol. The minimum atomic E-state index is -4.31. The van der Waals surface area contributed by atoms with Gasteiger partial charge >= 0.3 is 6.18 Å². The smallest absolute Gasteiger partial charge is 0.408 e. The van der Waals surface area contributed by atoms with Crippen LogP contribution in [0.2, 0.25) is 0 Å². The van der Waals surface area contributed by atoms with Crippen LogP contribution in [0.25, 0.3) is 0 Å². The van der Waals surface area contributed by atoms with Crippen LogP contribution in [-0.4, -0.2) is 44.0 Å². The third-order valence-corrected chi connectivity index (χ3v) is 3.54. The van der Waals surface area contributed by atoms with Crippen LogP contribution in [-0.2, 0) is 0 Å². The van der Waals surface area contributed by atoms with Crippen molar-refractivity contribution < 1.29 is 22.6 Å². The lowest BCUT2D eigenvalue weighted by atomic mass is 10.0. The lowest BCUT2D eigenvalue weighted by molar-refractivity contribution is -0.187. The molecule has 0 spiro atoms. The van der Waals surface area contributed by atoms with E-state index in [1.165, 1.54) is 17.0 Å². The van der Waals surface area contributed by atoms with E-state index in [1.807, 2.05) is 0 Å². The highest BCUT2D eigenvalue weighted by atomic mass is 35.5. The van der Waals surface area contributed by atoms with E-state index in [9.17, 15) is 13.2 Å². The van der Waals surface area contributed by atoms with Crippen LogP contribution in [0.4, 0.5) is 13.2 Å². The first-order chi connectivity index (χ1) is 9.55. The highest BCUT2D eigenvalue weighted by molar-refractivity contribution is 5.85. The third-order valence-electron chi connectivity index (χ3n) is 3.54. The zero-order chi connectivity index (χ0) is 14.2. The Balaban J connectivity index is 0.00000121. The van der Waals surface area contributed by atoms with Crippen LogP contribution in [0, 0.1) is 0 Å². The molecule has 2 aliphatic rings. The van der Waals surface area contributed by atoms with Gasteiger partial charge < -0.3 is 14.8 Å². The molecule has 0 radical (unpaired) electrons. The van der Waals surface area contributed by atoms with Gasteiger partial charge in [0.25, 0.3) is 0 Å². The molecule has 22 heavy (non-hydrogen) atoms. The van der Waals surface area contributed by atoms with Crippen LogP contribution >= 0.6 is 24.8 Å². The molecule has 0 bridgehead atoms. The summed E-state index contributed by atoms with van der Waals surface area (Å²) < 4.78 is 50.5. The summed E-state index contributed by atoms with van der Waals surface area (Å²) in [6, 6.07) is 2.84. The van der Waals surface area contributed by atoms with Crippen LogP contribution in [0.15, 0.2) is 18.2 Å². The normalized spacial score (nSPS) is 19.0. The van der Waals surface area contributed by atoms with Crippen molar-refractivity contribution in [2.45, 2.75) is 12.2 Å². The van der Waals surface area contributed by atoms with Crippen LogP contribution in [0.5, 0.6) is 11.5 Å². The molecule has 0 aromatic heterocycles. The SMILES string of the molecule is Cl.Cl.FC(F)(F)[C@@H](c1ccc2c(c1)OCO2)N1CCNCC1. The number of rotatable bonds is 2. The first-order valence-electron chi connectivity index (χ1n) is 6.47. The van der Waals surface area contributed by atoms with E-state index in [0.717, 1.165) is 0 Å². The molecule has 1 aromatic rings. The molecule has 2 heterocycles. The standard InChI is InChI=1S/C13H15F3N2O2.2ClH/c14-13(15,16)12(18-5-3-17-4-6-18)9-1-2-10-11(7-9)20-8-19-10;;/h1-2,7,12,17H,3-6,8H2;2*1H/t12-;;/m1../s1. The second kappa shape index (κ2) is 7.59. The Labute approximate surface area is 138 Å². The van der Waals surface area contributed by atoms with Gasteiger partial charge in [-0.3, -0.25) is 4.90 Å². The fourth-order valence-corrected chi connectivity index (χ4v) is 2.63. The Morgan fingerprint density at radius 1 is 1.05 bits per heavy atom. The highest BCUT2D eigenvalue weighted by Gasteiger charge is 2.45. The molecule has 1 atom stereocenters. The van der Waals surface area contributed by atoms with E-state index >= 15 is 0 Å². The lowest BCUT2D eigenvalue weighted by Crippen LogP contribution is -2.49. The number of nitrogens with one attached hydrogen (secondary N) is 1. The molecule has 9 heteroatoms. The molecule has 0 aliphatic carbocycles. The van der Waals surface area contributed by atoms with Crippen molar-refractivity contribution >= 4 is 24.8 Å².